The van der Waals surface area contributed by atoms with Gasteiger partial charge in [-0.1, -0.05) is 41.9 Å². The number of carbonyl (C=O) groups is 1. The van der Waals surface area contributed by atoms with Crippen LogP contribution in [0.3, 0.4) is 0 Å². The van der Waals surface area contributed by atoms with Gasteiger partial charge in [0.1, 0.15) is 0 Å². The Morgan fingerprint density at radius 1 is 1.35 bits per heavy atom. The molecule has 0 radical (unpaired) electrons. The van der Waals surface area contributed by atoms with Gasteiger partial charge in [0.05, 0.1) is 6.42 Å². The minimum absolute atomic E-state index is 0.144. The Hall–Kier alpha value is -0.870. The van der Waals surface area contributed by atoms with Crippen molar-refractivity contribution < 1.29 is 9.90 Å². The number of likely N-dealkylation sites (tertiary alicyclic amines) is 1. The number of carboxylic acids is 1. The van der Waals surface area contributed by atoms with Gasteiger partial charge in [-0.2, -0.15) is 0 Å². The fourth-order valence-electron chi connectivity index (χ4n) is 2.76. The first kappa shape index (κ1) is 15.5. The summed E-state index contributed by atoms with van der Waals surface area (Å²) in [5.74, 6) is -0.757. The summed E-state index contributed by atoms with van der Waals surface area (Å²) < 4.78 is 1.08. The molecule has 0 atom stereocenters. The lowest BCUT2D eigenvalue weighted by molar-refractivity contribution is -0.138. The van der Waals surface area contributed by atoms with Gasteiger partial charge in [0.2, 0.25) is 0 Å². The second kappa shape index (κ2) is 6.27. The average molecular weight is 340 g/mol. The van der Waals surface area contributed by atoms with Gasteiger partial charge < -0.3 is 5.11 Å². The summed E-state index contributed by atoms with van der Waals surface area (Å²) in [6.07, 6.45) is 2.73. The van der Waals surface area contributed by atoms with Crippen molar-refractivity contribution in [3.05, 3.63) is 33.8 Å². The molecule has 2 rings (SSSR count). The SMILES string of the molecule is CC(C)(CC(=O)O)c1ccc(CN2CCCC2)c(Br)c1. The van der Waals surface area contributed by atoms with E-state index < -0.39 is 5.97 Å². The maximum Gasteiger partial charge on any atom is 0.304 e. The monoisotopic (exact) mass is 339 g/mol. The number of carboxylic acid groups (broad SMARTS) is 1. The van der Waals surface area contributed by atoms with Crippen molar-refractivity contribution in [3.63, 3.8) is 0 Å². The number of nitrogens with zero attached hydrogens (tertiary/aromatic N) is 1. The molecule has 4 heteroatoms. The minimum atomic E-state index is -0.757. The summed E-state index contributed by atoms with van der Waals surface area (Å²) >= 11 is 3.64. The quantitative estimate of drug-likeness (QED) is 0.886. The van der Waals surface area contributed by atoms with E-state index >= 15 is 0 Å². The number of hydrogen-bond acceptors (Lipinski definition) is 2. The Balaban J connectivity index is 2.14. The van der Waals surface area contributed by atoms with Gasteiger partial charge in [0, 0.05) is 16.4 Å². The van der Waals surface area contributed by atoms with Crippen LogP contribution in [0.2, 0.25) is 0 Å². The largest absolute Gasteiger partial charge is 0.481 e. The molecule has 0 amide bonds. The molecule has 1 heterocycles. The molecule has 1 aliphatic heterocycles. The van der Waals surface area contributed by atoms with Crippen LogP contribution in [-0.4, -0.2) is 29.1 Å². The lowest BCUT2D eigenvalue weighted by Crippen LogP contribution is -2.22. The van der Waals surface area contributed by atoms with Crippen molar-refractivity contribution in [1.29, 1.82) is 0 Å². The second-order valence-corrected chi connectivity index (χ2v) is 7.10. The van der Waals surface area contributed by atoms with Crippen molar-refractivity contribution in [2.45, 2.75) is 45.1 Å². The normalized spacial score (nSPS) is 16.6. The summed E-state index contributed by atoms with van der Waals surface area (Å²) in [4.78, 5) is 13.4. The Morgan fingerprint density at radius 2 is 2.00 bits per heavy atom. The zero-order valence-electron chi connectivity index (χ0n) is 12.2. The van der Waals surface area contributed by atoms with Gasteiger partial charge in [-0.25, -0.2) is 0 Å². The smallest absolute Gasteiger partial charge is 0.304 e. The van der Waals surface area contributed by atoms with Gasteiger partial charge in [-0.05, 0) is 43.1 Å². The molecule has 3 nitrogen and oxygen atoms in total. The molecule has 1 N–H and O–H groups in total. The summed E-state index contributed by atoms with van der Waals surface area (Å²) in [6, 6.07) is 6.27. The highest BCUT2D eigenvalue weighted by Gasteiger charge is 2.25. The van der Waals surface area contributed by atoms with Gasteiger partial charge in [-0.15, -0.1) is 0 Å². The molecule has 1 aromatic rings. The van der Waals surface area contributed by atoms with Crippen LogP contribution >= 0.6 is 15.9 Å². The molecular formula is C16H22BrNO2. The zero-order valence-corrected chi connectivity index (χ0v) is 13.7. The highest BCUT2D eigenvalue weighted by molar-refractivity contribution is 9.10. The highest BCUT2D eigenvalue weighted by Crippen LogP contribution is 2.31. The van der Waals surface area contributed by atoms with Crippen LogP contribution in [-0.2, 0) is 16.8 Å². The third kappa shape index (κ3) is 3.83. The molecule has 0 aliphatic carbocycles. The van der Waals surface area contributed by atoms with E-state index in [1.165, 1.54) is 31.5 Å². The average Bonchev–Trinajstić information content (AvgIpc) is 2.82. The Labute approximate surface area is 129 Å². The van der Waals surface area contributed by atoms with E-state index in [0.29, 0.717) is 0 Å². The van der Waals surface area contributed by atoms with Crippen LogP contribution in [0.4, 0.5) is 0 Å². The predicted molar refractivity (Wildman–Crippen MR) is 83.9 cm³/mol. The standard InChI is InChI=1S/C16H22BrNO2/c1-16(2,10-15(19)20)13-6-5-12(14(17)9-13)11-18-7-3-4-8-18/h5-6,9H,3-4,7-8,10-11H2,1-2H3,(H,19,20). The van der Waals surface area contributed by atoms with E-state index in [-0.39, 0.29) is 11.8 Å². The van der Waals surface area contributed by atoms with Gasteiger partial charge in [0.15, 0.2) is 0 Å². The van der Waals surface area contributed by atoms with Crippen molar-refractivity contribution in [1.82, 2.24) is 4.90 Å². The van der Waals surface area contributed by atoms with E-state index in [1.54, 1.807) is 0 Å². The molecule has 1 aromatic carbocycles. The molecule has 0 bridgehead atoms. The minimum Gasteiger partial charge on any atom is -0.481 e. The molecule has 20 heavy (non-hydrogen) atoms. The maximum absolute atomic E-state index is 11.0. The summed E-state index contributed by atoms with van der Waals surface area (Å²) in [6.45, 7) is 7.28. The molecule has 0 aromatic heterocycles. The molecule has 0 saturated carbocycles. The first-order valence-corrected chi connectivity index (χ1v) is 7.91. The topological polar surface area (TPSA) is 40.5 Å². The fourth-order valence-corrected chi connectivity index (χ4v) is 3.26. The Kier molecular flexibility index (Phi) is 4.86. The summed E-state index contributed by atoms with van der Waals surface area (Å²) in [5.41, 5.74) is 2.00. The van der Waals surface area contributed by atoms with Crippen LogP contribution < -0.4 is 0 Å². The molecule has 1 saturated heterocycles. The van der Waals surface area contributed by atoms with Crippen LogP contribution in [0.25, 0.3) is 0 Å². The third-order valence-electron chi connectivity index (χ3n) is 4.02. The number of rotatable bonds is 5. The molecular weight excluding hydrogens is 318 g/mol. The molecule has 1 fully saturated rings. The van der Waals surface area contributed by atoms with Crippen LogP contribution in [0, 0.1) is 0 Å². The molecule has 0 spiro atoms. The third-order valence-corrected chi connectivity index (χ3v) is 4.76. The van der Waals surface area contributed by atoms with Gasteiger partial charge >= 0.3 is 5.97 Å². The number of hydrogen-bond donors (Lipinski definition) is 1. The lowest BCUT2D eigenvalue weighted by Gasteiger charge is -2.24. The van der Waals surface area contributed by atoms with E-state index in [1.807, 2.05) is 13.8 Å². The van der Waals surface area contributed by atoms with Gasteiger partial charge in [-0.3, -0.25) is 9.69 Å². The summed E-state index contributed by atoms with van der Waals surface area (Å²) in [5, 5.41) is 9.01. The van der Waals surface area contributed by atoms with Crippen molar-refractivity contribution in [2.24, 2.45) is 0 Å². The molecule has 110 valence electrons. The summed E-state index contributed by atoms with van der Waals surface area (Å²) in [7, 11) is 0. The second-order valence-electron chi connectivity index (χ2n) is 6.24. The van der Waals surface area contributed by atoms with Crippen molar-refractivity contribution in [2.75, 3.05) is 13.1 Å². The molecule has 0 unspecified atom stereocenters. The van der Waals surface area contributed by atoms with Crippen LogP contribution in [0.5, 0.6) is 0 Å². The fraction of sp³-hybridized carbons (Fsp3) is 0.562. The number of aliphatic carboxylic acids is 1. The van der Waals surface area contributed by atoms with Crippen LogP contribution in [0.15, 0.2) is 22.7 Å². The highest BCUT2D eigenvalue weighted by atomic mass is 79.9. The zero-order chi connectivity index (χ0) is 14.8. The number of benzene rings is 1. The maximum atomic E-state index is 11.0. The lowest BCUT2D eigenvalue weighted by atomic mass is 9.81. The van der Waals surface area contributed by atoms with Crippen molar-refractivity contribution in [3.8, 4) is 0 Å². The first-order valence-electron chi connectivity index (χ1n) is 7.11. The van der Waals surface area contributed by atoms with E-state index in [4.69, 9.17) is 5.11 Å². The van der Waals surface area contributed by atoms with Crippen molar-refractivity contribution >= 4 is 21.9 Å². The number of halogens is 1. The predicted octanol–water partition coefficient (Wildman–Crippen LogP) is 3.80. The van der Waals surface area contributed by atoms with Crippen LogP contribution in [0.1, 0.15) is 44.2 Å². The van der Waals surface area contributed by atoms with Gasteiger partial charge in [0.25, 0.3) is 0 Å². The van der Waals surface area contributed by atoms with E-state index in [2.05, 4.69) is 39.0 Å². The Morgan fingerprint density at radius 3 is 2.55 bits per heavy atom. The molecule has 1 aliphatic rings. The van der Waals surface area contributed by atoms with E-state index in [9.17, 15) is 4.79 Å². The first-order chi connectivity index (χ1) is 9.38. The van der Waals surface area contributed by atoms with E-state index in [0.717, 1.165) is 16.6 Å². The Bertz CT molecular complexity index is 493.